The fraction of sp³-hybridized carbons (Fsp3) is 0.857. The minimum absolute atomic E-state index is 0. The number of ether oxygens (including phenoxy) is 1. The van der Waals surface area contributed by atoms with Crippen molar-refractivity contribution in [3.05, 3.63) is 12.2 Å². The molecule has 29 heavy (non-hydrogen) atoms. The minimum Gasteiger partial charge on any atom is -0.463 e. The Morgan fingerprint density at radius 1 is 0.897 bits per heavy atom. The number of aliphatic hydroxyl groups excluding tert-OH is 1. The molecule has 1 radical (unpaired) electrons. The first-order valence-corrected chi connectivity index (χ1v) is 12.4. The summed E-state index contributed by atoms with van der Waals surface area (Å²) in [6.07, 6.45) is 18.8. The van der Waals surface area contributed by atoms with E-state index in [-0.39, 0.29) is 36.0 Å². The average Bonchev–Trinajstić information content (AvgIpc) is 2.62. The molecule has 1 unspecified atom stereocenters. The van der Waals surface area contributed by atoms with Crippen LogP contribution in [0, 0.1) is 0 Å². The molecule has 0 saturated carbocycles. The van der Waals surface area contributed by atoms with Crippen molar-refractivity contribution in [3.8, 4) is 0 Å². The number of unbranched alkanes of at least 4 members (excludes halogenated alkanes) is 11. The van der Waals surface area contributed by atoms with Crippen LogP contribution in [0.15, 0.2) is 12.2 Å². The van der Waals surface area contributed by atoms with Gasteiger partial charge < -0.3 is 9.84 Å². The number of esters is 1. The number of hydrogen-bond donors (Lipinski definition) is 2. The van der Waals surface area contributed by atoms with Crippen molar-refractivity contribution in [2.75, 3.05) is 12.4 Å². The summed E-state index contributed by atoms with van der Waals surface area (Å²) in [5.41, 5.74) is 0. The molecule has 0 aromatic heterocycles. The van der Waals surface area contributed by atoms with Gasteiger partial charge in [0.2, 0.25) is 0 Å². The first-order valence-electron chi connectivity index (χ1n) is 10.8. The summed E-state index contributed by atoms with van der Waals surface area (Å²) >= 11 is 0. The third-order valence-electron chi connectivity index (χ3n) is 4.48. The van der Waals surface area contributed by atoms with Crippen LogP contribution in [0.4, 0.5) is 0 Å². The second-order valence-corrected chi connectivity index (χ2v) is 8.92. The van der Waals surface area contributed by atoms with Gasteiger partial charge in [-0.2, -0.15) is 8.42 Å². The van der Waals surface area contributed by atoms with E-state index in [9.17, 15) is 18.3 Å². The fourth-order valence-electron chi connectivity index (χ4n) is 2.89. The van der Waals surface area contributed by atoms with Gasteiger partial charge in [0.15, 0.2) is 0 Å². The summed E-state index contributed by atoms with van der Waals surface area (Å²) in [7, 11) is -4.26. The van der Waals surface area contributed by atoms with Crippen LogP contribution in [0.2, 0.25) is 0 Å². The summed E-state index contributed by atoms with van der Waals surface area (Å²) in [6, 6.07) is 0. The summed E-state index contributed by atoms with van der Waals surface area (Å²) in [5, 5.41) is 9.32. The summed E-state index contributed by atoms with van der Waals surface area (Å²) < 4.78 is 34.5. The molecule has 0 spiro atoms. The number of rotatable bonds is 19. The van der Waals surface area contributed by atoms with E-state index in [4.69, 9.17) is 9.29 Å². The monoisotopic (exact) mass is 443 g/mol. The Kier molecular flexibility index (Phi) is 23.0. The average molecular weight is 444 g/mol. The van der Waals surface area contributed by atoms with Crippen LogP contribution in [-0.4, -0.2) is 72.1 Å². The van der Waals surface area contributed by atoms with Crippen molar-refractivity contribution < 1.29 is 27.6 Å². The molecular weight excluding hydrogens is 403 g/mol. The number of allylic oxidation sites excluding steroid dienone is 2. The molecule has 2 N–H and O–H groups in total. The van der Waals surface area contributed by atoms with E-state index < -0.39 is 34.6 Å². The summed E-state index contributed by atoms with van der Waals surface area (Å²) in [6.45, 7) is 1.83. The molecule has 0 aliphatic rings. The second kappa shape index (κ2) is 21.3. The topological polar surface area (TPSA) is 101 Å². The van der Waals surface area contributed by atoms with E-state index in [0.717, 1.165) is 32.1 Å². The van der Waals surface area contributed by atoms with E-state index in [1.54, 1.807) is 0 Å². The molecule has 0 rings (SSSR count). The van der Waals surface area contributed by atoms with E-state index in [1.165, 1.54) is 51.4 Å². The van der Waals surface area contributed by atoms with Gasteiger partial charge in [-0.05, 0) is 32.1 Å². The quantitative estimate of drug-likeness (QED) is 0.101. The Labute approximate surface area is 199 Å². The van der Waals surface area contributed by atoms with E-state index in [0.29, 0.717) is 0 Å². The molecule has 0 aliphatic heterocycles. The second-order valence-electron chi connectivity index (χ2n) is 7.42. The van der Waals surface area contributed by atoms with Crippen molar-refractivity contribution in [1.82, 2.24) is 0 Å². The number of aliphatic hydroxyl groups is 1. The number of carbonyl (C=O) groups excluding carboxylic acids is 1. The van der Waals surface area contributed by atoms with E-state index >= 15 is 0 Å². The minimum atomic E-state index is -4.26. The van der Waals surface area contributed by atoms with Crippen LogP contribution < -0.4 is 0 Å². The molecule has 0 amide bonds. The van der Waals surface area contributed by atoms with Crippen molar-refractivity contribution in [3.63, 3.8) is 0 Å². The van der Waals surface area contributed by atoms with Gasteiger partial charge in [-0.15, -0.1) is 0 Å². The van der Waals surface area contributed by atoms with Crippen LogP contribution >= 0.6 is 0 Å². The van der Waals surface area contributed by atoms with E-state index in [1.807, 2.05) is 0 Å². The van der Waals surface area contributed by atoms with Crippen LogP contribution in [0.1, 0.15) is 96.8 Å². The van der Waals surface area contributed by atoms with Gasteiger partial charge in [0, 0.05) is 36.0 Å². The molecule has 0 aromatic carbocycles. The number of carbonyl (C=O) groups is 1. The summed E-state index contributed by atoms with van der Waals surface area (Å²) in [4.78, 5) is 11.5. The Hall–Kier alpha value is 0.0800. The molecule has 0 saturated heterocycles. The van der Waals surface area contributed by atoms with Gasteiger partial charge in [-0.3, -0.25) is 9.35 Å². The summed E-state index contributed by atoms with van der Waals surface area (Å²) in [5.74, 6) is -1.28. The van der Waals surface area contributed by atoms with E-state index in [2.05, 4.69) is 19.1 Å². The maximum absolute atomic E-state index is 11.5. The largest absolute Gasteiger partial charge is 0.463 e. The Morgan fingerprint density at radius 2 is 1.38 bits per heavy atom. The Bertz CT molecular complexity index is 507. The zero-order valence-corrected chi connectivity index (χ0v) is 21.3. The molecule has 1 atom stereocenters. The molecule has 0 bridgehead atoms. The third-order valence-corrected chi connectivity index (χ3v) is 5.29. The van der Waals surface area contributed by atoms with Crippen molar-refractivity contribution >= 4 is 45.6 Å². The predicted molar refractivity (Wildman–Crippen MR) is 119 cm³/mol. The predicted octanol–water partition coefficient (Wildman–Crippen LogP) is 4.44. The fourth-order valence-corrected chi connectivity index (χ4v) is 3.48. The maximum Gasteiger partial charge on any atom is 0.305 e. The number of hydrogen-bond acceptors (Lipinski definition) is 5. The smallest absolute Gasteiger partial charge is 0.305 e. The molecule has 6 nitrogen and oxygen atoms in total. The SMILES string of the molecule is CCCCCCCC/C=C\CCCCCCCC(=O)OCC(O)CS(=O)(=O)O.[Na]. The maximum atomic E-state index is 11.5. The van der Waals surface area contributed by atoms with Crippen molar-refractivity contribution in [2.24, 2.45) is 0 Å². The normalized spacial score (nSPS) is 12.7. The van der Waals surface area contributed by atoms with Crippen LogP contribution in [0.25, 0.3) is 0 Å². The Balaban J connectivity index is 0. The third kappa shape index (κ3) is 26.0. The van der Waals surface area contributed by atoms with Gasteiger partial charge in [-0.1, -0.05) is 70.4 Å². The standard InChI is InChI=1S/C21H40O6S.Na/c1-2-3-4-5-6-7-8-9-10-11-12-13-14-15-16-17-21(23)27-18-20(22)19-28(24,25)26;/h9-10,20,22H,2-8,11-19H2,1H3,(H,24,25,26);/b10-9-;. The van der Waals surface area contributed by atoms with Gasteiger partial charge in [0.1, 0.15) is 18.5 Å². The van der Waals surface area contributed by atoms with Crippen LogP contribution in [0.5, 0.6) is 0 Å². The molecular formula is C21H40NaO6S. The molecule has 8 heteroatoms. The van der Waals surface area contributed by atoms with Gasteiger partial charge in [-0.25, -0.2) is 0 Å². The van der Waals surface area contributed by atoms with Gasteiger partial charge >= 0.3 is 5.97 Å². The van der Waals surface area contributed by atoms with Crippen molar-refractivity contribution in [2.45, 2.75) is 103 Å². The molecule has 167 valence electrons. The van der Waals surface area contributed by atoms with Gasteiger partial charge in [0.25, 0.3) is 10.1 Å². The molecule has 0 aromatic rings. The van der Waals surface area contributed by atoms with Crippen LogP contribution in [-0.2, 0) is 19.6 Å². The zero-order valence-electron chi connectivity index (χ0n) is 18.5. The van der Waals surface area contributed by atoms with Crippen molar-refractivity contribution in [1.29, 1.82) is 0 Å². The first-order chi connectivity index (χ1) is 13.3. The molecule has 0 aliphatic carbocycles. The molecule has 0 fully saturated rings. The first kappa shape index (κ1) is 31.3. The van der Waals surface area contributed by atoms with Gasteiger partial charge in [0.05, 0.1) is 0 Å². The van der Waals surface area contributed by atoms with Crippen LogP contribution in [0.3, 0.4) is 0 Å². The molecule has 0 heterocycles. The Morgan fingerprint density at radius 3 is 1.90 bits per heavy atom. The zero-order chi connectivity index (χ0) is 21.1.